The first kappa shape index (κ1) is 6.76. The largest absolute Gasteiger partial charge is 0.711 e. The van der Waals surface area contributed by atoms with Gasteiger partial charge in [0.25, 0.3) is 5.82 Å². The maximum absolute atomic E-state index is 10.6. The van der Waals surface area contributed by atoms with Gasteiger partial charge in [-0.2, -0.15) is 0 Å². The molecule has 1 heterocycles. The number of anilines is 1. The predicted molar refractivity (Wildman–Crippen MR) is 33.5 cm³/mol. The molecule has 0 aliphatic rings. The van der Waals surface area contributed by atoms with Crippen LogP contribution in [-0.4, -0.2) is 10.1 Å². The molecule has 3 N–H and O–H groups in total. The third-order valence-electron chi connectivity index (χ3n) is 1.12. The first-order valence-electron chi connectivity index (χ1n) is 2.69. The van der Waals surface area contributed by atoms with Gasteiger partial charge in [-0.1, -0.05) is 0 Å². The Kier molecular flexibility index (Phi) is 1.68. The van der Waals surface area contributed by atoms with Gasteiger partial charge >= 0.3 is 0 Å². The molecule has 0 aliphatic carbocycles. The van der Waals surface area contributed by atoms with Gasteiger partial charge in [-0.15, -0.1) is 0 Å². The highest BCUT2D eigenvalue weighted by Gasteiger charge is 2.04. The Labute approximate surface area is 57.3 Å². The number of nitrogens with zero attached hydrogens (tertiary/aromatic N) is 2. The van der Waals surface area contributed by atoms with Gasteiger partial charge < -0.3 is 10.3 Å². The van der Waals surface area contributed by atoms with E-state index >= 15 is 0 Å². The summed E-state index contributed by atoms with van der Waals surface area (Å²) in [4.78, 5) is 3.66. The number of aromatic nitrogens is 2. The number of hydrogen-bond donors (Lipinski definition) is 2. The zero-order chi connectivity index (χ0) is 7.56. The Balaban J connectivity index is 3.14. The van der Waals surface area contributed by atoms with Crippen LogP contribution in [0.1, 0.15) is 5.69 Å². The lowest BCUT2D eigenvalue weighted by Gasteiger charge is -2.04. The quantitative estimate of drug-likeness (QED) is 0.379. The molecule has 0 aliphatic heterocycles. The second-order valence-corrected chi connectivity index (χ2v) is 1.74. The standard InChI is InChI=1S/C5H7N3O2/c6-5-4(3-9)7-1-2-8(5)10/h1-2,9H,3,6H2. The van der Waals surface area contributed by atoms with Gasteiger partial charge in [0.2, 0.25) is 0 Å². The smallest absolute Gasteiger partial charge is 0.299 e. The molecule has 5 nitrogen and oxygen atoms in total. The fourth-order valence-corrected chi connectivity index (χ4v) is 0.579. The second-order valence-electron chi connectivity index (χ2n) is 1.74. The van der Waals surface area contributed by atoms with Crippen molar-refractivity contribution in [3.8, 4) is 0 Å². The van der Waals surface area contributed by atoms with Crippen LogP contribution in [0.5, 0.6) is 0 Å². The Bertz CT molecular complexity index is 238. The van der Waals surface area contributed by atoms with Gasteiger partial charge in [0, 0.05) is 0 Å². The third kappa shape index (κ3) is 0.985. The van der Waals surface area contributed by atoms with Crippen molar-refractivity contribution in [3.05, 3.63) is 23.3 Å². The van der Waals surface area contributed by atoms with Crippen molar-refractivity contribution in [3.63, 3.8) is 0 Å². The molecule has 0 bridgehead atoms. The second kappa shape index (κ2) is 2.49. The molecular weight excluding hydrogens is 134 g/mol. The average Bonchev–Trinajstić information content (AvgIpc) is 1.95. The molecule has 1 aromatic heterocycles. The van der Waals surface area contributed by atoms with Gasteiger partial charge in [-0.05, 0) is 0 Å². The zero-order valence-corrected chi connectivity index (χ0v) is 5.19. The van der Waals surface area contributed by atoms with Crippen LogP contribution in [0.3, 0.4) is 0 Å². The minimum atomic E-state index is -0.311. The first-order valence-corrected chi connectivity index (χ1v) is 2.69. The van der Waals surface area contributed by atoms with Crippen molar-refractivity contribution in [1.29, 1.82) is 0 Å². The van der Waals surface area contributed by atoms with Gasteiger partial charge in [0.05, 0.1) is 12.8 Å². The SMILES string of the molecule is Nc1c(CO)ncc[n+]1[O-]. The van der Waals surface area contributed by atoms with Crippen LogP contribution >= 0.6 is 0 Å². The third-order valence-corrected chi connectivity index (χ3v) is 1.12. The molecule has 5 heteroatoms. The van der Waals surface area contributed by atoms with Crippen molar-refractivity contribution in [2.24, 2.45) is 0 Å². The van der Waals surface area contributed by atoms with Crippen LogP contribution in [0, 0.1) is 5.21 Å². The number of hydrogen-bond acceptors (Lipinski definition) is 4. The zero-order valence-electron chi connectivity index (χ0n) is 5.19. The van der Waals surface area contributed by atoms with E-state index in [4.69, 9.17) is 10.8 Å². The summed E-state index contributed by atoms with van der Waals surface area (Å²) in [5.74, 6) is -0.0509. The highest BCUT2D eigenvalue weighted by atomic mass is 16.5. The normalized spacial score (nSPS) is 9.70. The number of nitrogens with two attached hydrogens (primary N) is 1. The highest BCUT2D eigenvalue weighted by molar-refractivity contribution is 5.26. The summed E-state index contributed by atoms with van der Waals surface area (Å²) < 4.78 is 0.457. The molecule has 0 radical (unpaired) electrons. The summed E-state index contributed by atoms with van der Waals surface area (Å²) in [5.41, 5.74) is 5.43. The topological polar surface area (TPSA) is 86.1 Å². The van der Waals surface area contributed by atoms with E-state index < -0.39 is 0 Å². The van der Waals surface area contributed by atoms with Crippen LogP contribution in [0.25, 0.3) is 0 Å². The minimum Gasteiger partial charge on any atom is -0.711 e. The molecule has 0 fully saturated rings. The summed E-state index contributed by atoms with van der Waals surface area (Å²) in [5, 5.41) is 19.2. The van der Waals surface area contributed by atoms with Gasteiger partial charge in [0.15, 0.2) is 5.69 Å². The number of aliphatic hydroxyl groups is 1. The lowest BCUT2D eigenvalue weighted by Crippen LogP contribution is -2.31. The van der Waals surface area contributed by atoms with E-state index in [1.54, 1.807) is 0 Å². The summed E-state index contributed by atoms with van der Waals surface area (Å²) in [7, 11) is 0. The van der Waals surface area contributed by atoms with E-state index in [0.29, 0.717) is 4.73 Å². The average molecular weight is 141 g/mol. The molecule has 0 unspecified atom stereocenters. The summed E-state index contributed by atoms with van der Waals surface area (Å²) >= 11 is 0. The molecule has 0 spiro atoms. The molecule has 0 amide bonds. The maximum atomic E-state index is 10.6. The minimum absolute atomic E-state index is 0.0509. The lowest BCUT2D eigenvalue weighted by atomic mass is 10.4. The van der Waals surface area contributed by atoms with Crippen LogP contribution in [0.2, 0.25) is 0 Å². The molecule has 10 heavy (non-hydrogen) atoms. The number of aliphatic hydroxyl groups excluding tert-OH is 1. The lowest BCUT2D eigenvalue weighted by molar-refractivity contribution is -0.590. The summed E-state index contributed by atoms with van der Waals surface area (Å²) in [6.07, 6.45) is 2.46. The van der Waals surface area contributed by atoms with Crippen LogP contribution in [0.4, 0.5) is 5.82 Å². The van der Waals surface area contributed by atoms with E-state index in [1.165, 1.54) is 12.4 Å². The van der Waals surface area contributed by atoms with Crippen LogP contribution < -0.4 is 10.5 Å². The Morgan fingerprint density at radius 2 is 2.50 bits per heavy atom. The molecular formula is C5H7N3O2. The molecule has 0 atom stereocenters. The molecule has 0 saturated heterocycles. The number of rotatable bonds is 1. The maximum Gasteiger partial charge on any atom is 0.299 e. The molecule has 54 valence electrons. The van der Waals surface area contributed by atoms with Crippen molar-refractivity contribution in [2.45, 2.75) is 6.61 Å². The Morgan fingerprint density at radius 1 is 1.80 bits per heavy atom. The highest BCUT2D eigenvalue weighted by Crippen LogP contribution is 1.98. The van der Waals surface area contributed by atoms with E-state index in [2.05, 4.69) is 4.98 Å². The van der Waals surface area contributed by atoms with Crippen molar-refractivity contribution < 1.29 is 9.84 Å². The van der Waals surface area contributed by atoms with Crippen molar-refractivity contribution in [2.75, 3.05) is 5.73 Å². The Morgan fingerprint density at radius 3 is 3.00 bits per heavy atom. The van der Waals surface area contributed by atoms with Gasteiger partial charge in [-0.3, -0.25) is 5.73 Å². The van der Waals surface area contributed by atoms with Gasteiger partial charge in [0.1, 0.15) is 6.20 Å². The summed E-state index contributed by atoms with van der Waals surface area (Å²) in [6, 6.07) is 0. The van der Waals surface area contributed by atoms with Crippen molar-refractivity contribution >= 4 is 5.82 Å². The fourth-order valence-electron chi connectivity index (χ4n) is 0.579. The fraction of sp³-hybridized carbons (Fsp3) is 0.200. The Hall–Kier alpha value is -1.36. The van der Waals surface area contributed by atoms with E-state index in [9.17, 15) is 5.21 Å². The van der Waals surface area contributed by atoms with E-state index in [-0.39, 0.29) is 18.1 Å². The van der Waals surface area contributed by atoms with E-state index in [1.807, 2.05) is 0 Å². The molecule has 0 saturated carbocycles. The predicted octanol–water partition coefficient (Wildman–Crippen LogP) is -1.21. The summed E-state index contributed by atoms with van der Waals surface area (Å²) in [6.45, 7) is -0.311. The molecule has 1 aromatic rings. The van der Waals surface area contributed by atoms with Crippen LogP contribution in [-0.2, 0) is 6.61 Å². The first-order chi connectivity index (χ1) is 4.75. The molecule has 1 rings (SSSR count). The number of nitrogen functional groups attached to an aromatic ring is 1. The van der Waals surface area contributed by atoms with E-state index in [0.717, 1.165) is 0 Å². The molecule has 0 aromatic carbocycles. The monoisotopic (exact) mass is 141 g/mol. The van der Waals surface area contributed by atoms with Crippen LogP contribution in [0.15, 0.2) is 12.4 Å². The van der Waals surface area contributed by atoms with Gasteiger partial charge in [-0.25, -0.2) is 9.71 Å². The van der Waals surface area contributed by atoms with Crippen molar-refractivity contribution in [1.82, 2.24) is 4.98 Å².